The molecule has 0 saturated heterocycles. The van der Waals surface area contributed by atoms with Crippen molar-refractivity contribution in [3.8, 4) is 5.75 Å². The number of benzene rings is 2. The molecule has 1 atom stereocenters. The number of ether oxygens (including phenoxy) is 1. The van der Waals surface area contributed by atoms with Gasteiger partial charge in [-0.3, -0.25) is 9.59 Å². The van der Waals surface area contributed by atoms with E-state index in [1.165, 1.54) is 7.11 Å². The maximum atomic E-state index is 12.4. The van der Waals surface area contributed by atoms with Gasteiger partial charge in [0.25, 0.3) is 0 Å². The van der Waals surface area contributed by atoms with E-state index in [0.29, 0.717) is 22.1 Å². The number of methoxy groups -OCH3 is 1. The van der Waals surface area contributed by atoms with E-state index >= 15 is 0 Å². The van der Waals surface area contributed by atoms with Crippen molar-refractivity contribution in [3.63, 3.8) is 0 Å². The number of para-hydroxylation sites is 2. The summed E-state index contributed by atoms with van der Waals surface area (Å²) in [5, 5.41) is 9.22. The molecule has 1 aliphatic rings. The molecule has 2 aromatic rings. The summed E-state index contributed by atoms with van der Waals surface area (Å²) in [6.07, 6.45) is -0.00893. The summed E-state index contributed by atoms with van der Waals surface area (Å²) in [5.41, 5.74) is 2.84. The third-order valence-corrected chi connectivity index (χ3v) is 4.38. The second kappa shape index (κ2) is 7.03. The summed E-state index contributed by atoms with van der Waals surface area (Å²) in [6.45, 7) is 1.84. The Morgan fingerprint density at radius 2 is 2.00 bits per heavy atom. The summed E-state index contributed by atoms with van der Waals surface area (Å²) in [7, 11) is 1.50. The molecule has 0 spiro atoms. The summed E-state index contributed by atoms with van der Waals surface area (Å²) in [4.78, 5) is 24.6. The van der Waals surface area contributed by atoms with E-state index < -0.39 is 6.04 Å². The number of hydrogen-bond donors (Lipinski definition) is 3. The van der Waals surface area contributed by atoms with Gasteiger partial charge in [0.15, 0.2) is 0 Å². The Hall–Kier alpha value is -2.73. The molecule has 130 valence electrons. The molecule has 0 aromatic heterocycles. The van der Waals surface area contributed by atoms with E-state index in [2.05, 4.69) is 16.0 Å². The molecule has 0 bridgehead atoms. The zero-order valence-corrected chi connectivity index (χ0v) is 14.6. The van der Waals surface area contributed by atoms with Gasteiger partial charge in [0, 0.05) is 11.1 Å². The predicted octanol–water partition coefficient (Wildman–Crippen LogP) is 3.42. The van der Waals surface area contributed by atoms with Gasteiger partial charge in [0.1, 0.15) is 11.8 Å². The van der Waals surface area contributed by atoms with E-state index in [0.717, 1.165) is 11.3 Å². The molecule has 0 saturated carbocycles. The third-order valence-electron chi connectivity index (χ3n) is 3.98. The zero-order chi connectivity index (χ0) is 18.0. The van der Waals surface area contributed by atoms with Crippen LogP contribution in [-0.4, -0.2) is 25.0 Å². The number of anilines is 3. The van der Waals surface area contributed by atoms with Crippen LogP contribution in [0.25, 0.3) is 0 Å². The first-order valence-electron chi connectivity index (χ1n) is 7.78. The van der Waals surface area contributed by atoms with Crippen molar-refractivity contribution in [1.29, 1.82) is 0 Å². The molecule has 1 aliphatic heterocycles. The summed E-state index contributed by atoms with van der Waals surface area (Å²) < 4.78 is 5.25. The van der Waals surface area contributed by atoms with Gasteiger partial charge in [-0.15, -0.1) is 0 Å². The summed E-state index contributed by atoms with van der Waals surface area (Å²) in [5.74, 6) is -0.0736. The minimum Gasteiger partial charge on any atom is -0.495 e. The van der Waals surface area contributed by atoms with Crippen molar-refractivity contribution in [2.45, 2.75) is 19.4 Å². The quantitative estimate of drug-likeness (QED) is 0.781. The van der Waals surface area contributed by atoms with Gasteiger partial charge < -0.3 is 20.7 Å². The smallest absolute Gasteiger partial charge is 0.247 e. The van der Waals surface area contributed by atoms with Crippen LogP contribution >= 0.6 is 11.6 Å². The molecule has 1 heterocycles. The molecule has 2 aromatic carbocycles. The number of hydrogen-bond acceptors (Lipinski definition) is 4. The molecule has 25 heavy (non-hydrogen) atoms. The van der Waals surface area contributed by atoms with Crippen molar-refractivity contribution in [2.75, 3.05) is 23.1 Å². The Labute approximate surface area is 150 Å². The minimum atomic E-state index is -0.644. The highest BCUT2D eigenvalue weighted by atomic mass is 35.5. The molecule has 2 amide bonds. The normalized spacial score (nSPS) is 15.6. The maximum Gasteiger partial charge on any atom is 0.247 e. The number of fused-ring (bicyclic) bond motifs is 1. The first-order chi connectivity index (χ1) is 12.0. The van der Waals surface area contributed by atoms with Crippen LogP contribution in [0.1, 0.15) is 12.0 Å². The average molecular weight is 360 g/mol. The molecule has 0 radical (unpaired) electrons. The largest absolute Gasteiger partial charge is 0.495 e. The van der Waals surface area contributed by atoms with Gasteiger partial charge in [0.2, 0.25) is 11.8 Å². The standard InChI is InChI=1S/C18H18ClN3O3/c1-10-7-14(16(25-2)8-11(10)19)21-17(23)9-15-18(24)22-13-6-4-3-5-12(13)20-15/h3-8,15,20H,9H2,1-2H3,(H,21,23)(H,22,24)/t15-/m1/s1. The van der Waals surface area contributed by atoms with Gasteiger partial charge in [-0.25, -0.2) is 0 Å². The van der Waals surface area contributed by atoms with Crippen molar-refractivity contribution in [1.82, 2.24) is 0 Å². The Kier molecular flexibility index (Phi) is 4.81. The van der Waals surface area contributed by atoms with Crippen molar-refractivity contribution in [3.05, 3.63) is 47.0 Å². The maximum absolute atomic E-state index is 12.4. The fourth-order valence-corrected chi connectivity index (χ4v) is 2.80. The number of carbonyl (C=O) groups excluding carboxylic acids is 2. The highest BCUT2D eigenvalue weighted by Crippen LogP contribution is 2.31. The lowest BCUT2D eigenvalue weighted by Crippen LogP contribution is -2.41. The lowest BCUT2D eigenvalue weighted by Gasteiger charge is -2.26. The third kappa shape index (κ3) is 3.69. The zero-order valence-electron chi connectivity index (χ0n) is 13.9. The monoisotopic (exact) mass is 359 g/mol. The van der Waals surface area contributed by atoms with Gasteiger partial charge in [-0.1, -0.05) is 23.7 Å². The number of aryl methyl sites for hydroxylation is 1. The Morgan fingerprint density at radius 3 is 2.72 bits per heavy atom. The van der Waals surface area contributed by atoms with Crippen LogP contribution in [0.4, 0.5) is 17.1 Å². The van der Waals surface area contributed by atoms with Gasteiger partial charge in [0.05, 0.1) is 30.6 Å². The molecular weight excluding hydrogens is 342 g/mol. The van der Waals surface area contributed by atoms with E-state index in [-0.39, 0.29) is 18.2 Å². The van der Waals surface area contributed by atoms with Crippen LogP contribution in [0.15, 0.2) is 36.4 Å². The van der Waals surface area contributed by atoms with Crippen molar-refractivity contribution < 1.29 is 14.3 Å². The van der Waals surface area contributed by atoms with E-state index in [9.17, 15) is 9.59 Å². The van der Waals surface area contributed by atoms with Crippen molar-refractivity contribution in [2.24, 2.45) is 0 Å². The van der Waals surface area contributed by atoms with Crippen LogP contribution in [0.5, 0.6) is 5.75 Å². The molecule has 0 unspecified atom stereocenters. The minimum absolute atomic E-state index is 0.00893. The Balaban J connectivity index is 1.71. The Bertz CT molecular complexity index is 838. The summed E-state index contributed by atoms with van der Waals surface area (Å²) in [6, 6.07) is 10.1. The predicted molar refractivity (Wildman–Crippen MR) is 98.5 cm³/mol. The molecule has 3 rings (SSSR count). The highest BCUT2D eigenvalue weighted by molar-refractivity contribution is 6.31. The van der Waals surface area contributed by atoms with Crippen LogP contribution in [0, 0.1) is 6.92 Å². The van der Waals surface area contributed by atoms with Crippen LogP contribution in [0.2, 0.25) is 5.02 Å². The fraction of sp³-hybridized carbons (Fsp3) is 0.222. The topological polar surface area (TPSA) is 79.5 Å². The second-order valence-electron chi connectivity index (χ2n) is 5.79. The fourth-order valence-electron chi connectivity index (χ4n) is 2.65. The lowest BCUT2D eigenvalue weighted by molar-refractivity contribution is -0.122. The first kappa shape index (κ1) is 17.1. The van der Waals surface area contributed by atoms with Gasteiger partial charge in [-0.05, 0) is 30.7 Å². The number of carbonyl (C=O) groups is 2. The summed E-state index contributed by atoms with van der Waals surface area (Å²) >= 11 is 6.07. The number of amides is 2. The molecule has 7 heteroatoms. The SMILES string of the molecule is COc1cc(Cl)c(C)cc1NC(=O)C[C@H]1Nc2ccccc2NC1=O. The second-order valence-corrected chi connectivity index (χ2v) is 6.19. The van der Waals surface area contributed by atoms with E-state index in [1.807, 2.05) is 25.1 Å². The number of nitrogens with one attached hydrogen (secondary N) is 3. The first-order valence-corrected chi connectivity index (χ1v) is 8.16. The molecule has 0 fully saturated rings. The van der Waals surface area contributed by atoms with E-state index in [4.69, 9.17) is 16.3 Å². The molecule has 3 N–H and O–H groups in total. The lowest BCUT2D eigenvalue weighted by atomic mass is 10.1. The van der Waals surface area contributed by atoms with Crippen LogP contribution < -0.4 is 20.7 Å². The van der Waals surface area contributed by atoms with Gasteiger partial charge >= 0.3 is 0 Å². The number of rotatable bonds is 4. The Morgan fingerprint density at radius 1 is 1.28 bits per heavy atom. The molecular formula is C18H18ClN3O3. The molecule has 0 aliphatic carbocycles. The highest BCUT2D eigenvalue weighted by Gasteiger charge is 2.27. The van der Waals surface area contributed by atoms with Crippen LogP contribution in [-0.2, 0) is 9.59 Å². The van der Waals surface area contributed by atoms with Crippen LogP contribution in [0.3, 0.4) is 0 Å². The molecule has 6 nitrogen and oxygen atoms in total. The van der Waals surface area contributed by atoms with Crippen molar-refractivity contribution >= 4 is 40.5 Å². The number of halogens is 1. The van der Waals surface area contributed by atoms with E-state index in [1.54, 1.807) is 18.2 Å². The van der Waals surface area contributed by atoms with Gasteiger partial charge in [-0.2, -0.15) is 0 Å². The average Bonchev–Trinajstić information content (AvgIpc) is 2.58.